The van der Waals surface area contributed by atoms with Crippen molar-refractivity contribution in [3.05, 3.63) is 59.7 Å². The minimum Gasteiger partial charge on any atom is -0.473 e. The lowest BCUT2D eigenvalue weighted by atomic mass is 10.1. The molecule has 0 bridgehead atoms. The van der Waals surface area contributed by atoms with Gasteiger partial charge in [-0.3, -0.25) is 9.69 Å². The number of H-pyrrole nitrogens is 1. The number of allylic oxidation sites excluding steroid dienone is 1. The number of hydrogen-bond donors (Lipinski definition) is 5. The van der Waals surface area contributed by atoms with Gasteiger partial charge in [-0.2, -0.15) is 9.98 Å². The van der Waals surface area contributed by atoms with E-state index in [1.54, 1.807) is 12.3 Å². The summed E-state index contributed by atoms with van der Waals surface area (Å²) >= 11 is 0. The molecule has 13 nitrogen and oxygen atoms in total. The van der Waals surface area contributed by atoms with E-state index in [-0.39, 0.29) is 24.5 Å². The number of aromatic nitrogens is 5. The van der Waals surface area contributed by atoms with Crippen LogP contribution in [0.2, 0.25) is 0 Å². The number of para-hydroxylation sites is 1. The molecule has 1 unspecified atom stereocenters. The summed E-state index contributed by atoms with van der Waals surface area (Å²) in [6, 6.07) is 8.13. The van der Waals surface area contributed by atoms with Gasteiger partial charge in [-0.25, -0.2) is 15.0 Å². The maximum atomic E-state index is 13.2. The number of fused-ring (bicyclic) bond motifs is 1. The number of aryl methyl sites for hydroxylation is 2. The first-order valence-corrected chi connectivity index (χ1v) is 15.2. The van der Waals surface area contributed by atoms with Gasteiger partial charge in [-0.15, -0.1) is 0 Å². The van der Waals surface area contributed by atoms with Gasteiger partial charge in [0.2, 0.25) is 17.7 Å². The zero-order valence-electron chi connectivity index (χ0n) is 26.0. The first-order chi connectivity index (χ1) is 21.7. The van der Waals surface area contributed by atoms with Gasteiger partial charge in [0.15, 0.2) is 0 Å². The number of ether oxygens (including phenoxy) is 1. The third-order valence-corrected chi connectivity index (χ3v) is 7.82. The van der Waals surface area contributed by atoms with Crippen LogP contribution in [0.3, 0.4) is 0 Å². The lowest BCUT2D eigenvalue weighted by Gasteiger charge is -2.17. The number of anilines is 2. The monoisotopic (exact) mass is 609 g/mol. The zero-order valence-corrected chi connectivity index (χ0v) is 26.0. The Bertz CT molecular complexity index is 1780. The number of rotatable bonds is 11. The van der Waals surface area contributed by atoms with Crippen LogP contribution in [0.4, 0.5) is 17.6 Å². The second-order valence-corrected chi connectivity index (χ2v) is 11.6. The number of carbonyl (C=O) groups is 1. The Balaban J connectivity index is 1.11. The summed E-state index contributed by atoms with van der Waals surface area (Å²) < 4.78 is 6.19. The molecule has 4 aromatic rings. The van der Waals surface area contributed by atoms with Crippen LogP contribution in [0.15, 0.2) is 53.4 Å². The normalized spacial score (nSPS) is 17.5. The Labute approximate surface area is 261 Å². The highest BCUT2D eigenvalue weighted by Gasteiger charge is 2.27. The Morgan fingerprint density at radius 2 is 2.07 bits per heavy atom. The predicted molar refractivity (Wildman–Crippen MR) is 176 cm³/mol. The fourth-order valence-electron chi connectivity index (χ4n) is 5.33. The van der Waals surface area contributed by atoms with Gasteiger partial charge < -0.3 is 31.4 Å². The van der Waals surface area contributed by atoms with Crippen molar-refractivity contribution in [2.75, 3.05) is 37.3 Å². The van der Waals surface area contributed by atoms with Crippen molar-refractivity contribution in [1.29, 1.82) is 0 Å². The standard InChI is InChI=1S/C32H39N11O2/c1-18-14-36-31(40-26(33)12-19(2)34-4)42-29(18)24-15-35-30-23(24)6-5-7-25(30)39-27(44)17-43-11-10-22(16-43)45-28-13-20(3)37-32(41-28)38-21-8-9-21/h5-7,12-15,21-22,34-35H,8-11,16-17H2,1-4H3,(H,39,44)(H,37,38,41)(H2,33,36,40,42)/b19-12-. The van der Waals surface area contributed by atoms with E-state index >= 15 is 0 Å². The van der Waals surface area contributed by atoms with Crippen LogP contribution in [0.1, 0.15) is 37.4 Å². The van der Waals surface area contributed by atoms with E-state index in [4.69, 9.17) is 15.5 Å². The average molecular weight is 610 g/mol. The molecule has 1 atom stereocenters. The van der Waals surface area contributed by atoms with Crippen molar-refractivity contribution in [2.45, 2.75) is 52.2 Å². The Morgan fingerprint density at radius 3 is 2.87 bits per heavy atom. The molecule has 1 aliphatic heterocycles. The van der Waals surface area contributed by atoms with Crippen LogP contribution >= 0.6 is 0 Å². The molecule has 1 saturated carbocycles. The SMILES string of the molecule is CN/C(C)=C\C(N)=N/c1ncc(C)c(-c2c[nH]c3c(NC(=O)CN4CCC(Oc5cc(C)nc(NC6CC6)n5)C4)cccc23)n1. The molecule has 3 aromatic heterocycles. The average Bonchev–Trinajstić information content (AvgIpc) is 3.53. The molecular weight excluding hydrogens is 570 g/mol. The fourth-order valence-corrected chi connectivity index (χ4v) is 5.33. The second kappa shape index (κ2) is 12.9. The molecule has 4 heterocycles. The lowest BCUT2D eigenvalue weighted by Crippen LogP contribution is -2.33. The second-order valence-electron chi connectivity index (χ2n) is 11.6. The molecule has 2 fully saturated rings. The van der Waals surface area contributed by atoms with Gasteiger partial charge in [0.1, 0.15) is 11.9 Å². The molecule has 1 saturated heterocycles. The molecule has 13 heteroatoms. The van der Waals surface area contributed by atoms with E-state index in [0.717, 1.165) is 64.9 Å². The third-order valence-electron chi connectivity index (χ3n) is 7.82. The van der Waals surface area contributed by atoms with Gasteiger partial charge in [0.25, 0.3) is 5.95 Å². The first kappa shape index (κ1) is 30.0. The molecule has 0 spiro atoms. The minimum atomic E-state index is -0.0941. The molecular formula is C32H39N11O2. The first-order valence-electron chi connectivity index (χ1n) is 15.2. The molecule has 6 N–H and O–H groups in total. The van der Waals surface area contributed by atoms with Crippen molar-refractivity contribution in [2.24, 2.45) is 10.7 Å². The van der Waals surface area contributed by atoms with E-state index in [9.17, 15) is 4.79 Å². The molecule has 6 rings (SSSR count). The van der Waals surface area contributed by atoms with Crippen LogP contribution in [-0.4, -0.2) is 80.4 Å². The van der Waals surface area contributed by atoms with Crippen molar-refractivity contribution < 1.29 is 9.53 Å². The summed E-state index contributed by atoms with van der Waals surface area (Å²) in [6.07, 6.45) is 8.42. The number of amides is 1. The zero-order chi connectivity index (χ0) is 31.5. The summed E-state index contributed by atoms with van der Waals surface area (Å²) in [6.45, 7) is 7.45. The number of nitrogens with one attached hydrogen (secondary N) is 4. The number of amidine groups is 1. The van der Waals surface area contributed by atoms with Gasteiger partial charge in [0.05, 0.1) is 23.4 Å². The third kappa shape index (κ3) is 7.37. The Kier molecular flexibility index (Phi) is 8.60. The molecule has 45 heavy (non-hydrogen) atoms. The van der Waals surface area contributed by atoms with Crippen LogP contribution in [0.5, 0.6) is 5.88 Å². The predicted octanol–water partition coefficient (Wildman–Crippen LogP) is 3.81. The highest BCUT2D eigenvalue weighted by molar-refractivity contribution is 6.06. The summed E-state index contributed by atoms with van der Waals surface area (Å²) in [5, 5.41) is 10.4. The van der Waals surface area contributed by atoms with Crippen molar-refractivity contribution in [3.63, 3.8) is 0 Å². The van der Waals surface area contributed by atoms with E-state index < -0.39 is 0 Å². The number of hydrogen-bond acceptors (Lipinski definition) is 10. The quantitative estimate of drug-likeness (QED) is 0.124. The van der Waals surface area contributed by atoms with Crippen LogP contribution in [0, 0.1) is 13.8 Å². The van der Waals surface area contributed by atoms with Crippen LogP contribution < -0.4 is 26.4 Å². The number of aromatic amines is 1. The highest BCUT2D eigenvalue weighted by atomic mass is 16.5. The van der Waals surface area contributed by atoms with Crippen molar-refractivity contribution in [1.82, 2.24) is 35.1 Å². The number of nitrogens with zero attached hydrogens (tertiary/aromatic N) is 6. The molecule has 234 valence electrons. The number of carbonyl (C=O) groups excluding carboxylic acids is 1. The fraction of sp³-hybridized carbons (Fsp3) is 0.375. The molecule has 1 aromatic carbocycles. The minimum absolute atomic E-state index is 0.0423. The summed E-state index contributed by atoms with van der Waals surface area (Å²) in [7, 11) is 1.82. The van der Waals surface area contributed by atoms with Crippen LogP contribution in [0.25, 0.3) is 22.2 Å². The number of likely N-dealkylation sites (tertiary alicyclic amines) is 1. The number of nitrogens with two attached hydrogens (primary N) is 1. The van der Waals surface area contributed by atoms with Gasteiger partial charge in [0, 0.05) is 67.0 Å². The molecule has 1 amide bonds. The largest absolute Gasteiger partial charge is 0.473 e. The van der Waals surface area contributed by atoms with Gasteiger partial charge >= 0.3 is 0 Å². The van der Waals surface area contributed by atoms with Gasteiger partial charge in [-0.05, 0) is 57.7 Å². The molecule has 1 aliphatic carbocycles. The van der Waals surface area contributed by atoms with E-state index in [2.05, 4.69) is 45.8 Å². The number of benzene rings is 1. The molecule has 0 radical (unpaired) electrons. The molecule has 2 aliphatic rings. The highest BCUT2D eigenvalue weighted by Crippen LogP contribution is 2.33. The smallest absolute Gasteiger partial charge is 0.251 e. The topological polar surface area (TPSA) is 171 Å². The Morgan fingerprint density at radius 1 is 1.22 bits per heavy atom. The summed E-state index contributed by atoms with van der Waals surface area (Å²) in [5.41, 5.74) is 11.8. The lowest BCUT2D eigenvalue weighted by molar-refractivity contribution is -0.117. The van der Waals surface area contributed by atoms with Crippen molar-refractivity contribution >= 4 is 40.2 Å². The maximum absolute atomic E-state index is 13.2. The van der Waals surface area contributed by atoms with Crippen molar-refractivity contribution in [3.8, 4) is 17.1 Å². The van der Waals surface area contributed by atoms with Crippen LogP contribution in [-0.2, 0) is 4.79 Å². The van der Waals surface area contributed by atoms with E-state index in [0.29, 0.717) is 35.9 Å². The number of aliphatic imine (C=N–C) groups is 1. The maximum Gasteiger partial charge on any atom is 0.251 e. The Hall–Kier alpha value is -5.04. The summed E-state index contributed by atoms with van der Waals surface area (Å²) in [5.74, 6) is 1.66. The van der Waals surface area contributed by atoms with Gasteiger partial charge in [-0.1, -0.05) is 12.1 Å². The summed E-state index contributed by atoms with van der Waals surface area (Å²) in [4.78, 5) is 41.0. The van der Waals surface area contributed by atoms with E-state index in [1.807, 2.05) is 58.3 Å². The van der Waals surface area contributed by atoms with E-state index in [1.165, 1.54) is 0 Å².